The third kappa shape index (κ3) is 10.5. The topological polar surface area (TPSA) is 181 Å². The third-order valence-electron chi connectivity index (χ3n) is 7.60. The Morgan fingerprint density at radius 3 is 1.96 bits per heavy atom. The van der Waals surface area contributed by atoms with Gasteiger partial charge in [-0.3, -0.25) is 28.8 Å². The molecule has 1 amide bonds. The molecule has 51 heavy (non-hydrogen) atoms. The quantitative estimate of drug-likeness (QED) is 0.149. The number of anilines is 1. The van der Waals surface area contributed by atoms with Crippen molar-refractivity contribution >= 4 is 75.5 Å². The Balaban J connectivity index is 1.61. The van der Waals surface area contributed by atoms with E-state index in [2.05, 4.69) is 9.97 Å². The molecule has 272 valence electrons. The van der Waals surface area contributed by atoms with Crippen LogP contribution in [0.3, 0.4) is 0 Å². The van der Waals surface area contributed by atoms with E-state index in [0.29, 0.717) is 34.7 Å². The van der Waals surface area contributed by atoms with Crippen LogP contribution < -0.4 is 4.90 Å². The maximum absolute atomic E-state index is 14.1. The van der Waals surface area contributed by atoms with E-state index in [4.69, 9.17) is 46.9 Å². The fourth-order valence-corrected chi connectivity index (χ4v) is 5.94. The normalized spacial score (nSPS) is 15.2. The Labute approximate surface area is 303 Å². The van der Waals surface area contributed by atoms with Gasteiger partial charge in [0.1, 0.15) is 6.61 Å². The number of benzene rings is 2. The number of carbonyl (C=O) groups is 6. The van der Waals surface area contributed by atoms with E-state index in [1.807, 2.05) is 29.2 Å². The van der Waals surface area contributed by atoms with E-state index in [-0.39, 0.29) is 18.4 Å². The van der Waals surface area contributed by atoms with Crippen molar-refractivity contribution in [3.63, 3.8) is 0 Å². The summed E-state index contributed by atoms with van der Waals surface area (Å²) in [4.78, 5) is 86.8. The zero-order chi connectivity index (χ0) is 37.4. The van der Waals surface area contributed by atoms with Crippen LogP contribution in [0.25, 0.3) is 22.2 Å². The fourth-order valence-electron chi connectivity index (χ4n) is 5.59. The molecule has 2 aromatic carbocycles. The lowest BCUT2D eigenvalue weighted by molar-refractivity contribution is -0.205. The Hall–Kier alpha value is -5.02. The van der Waals surface area contributed by atoms with Crippen molar-refractivity contribution in [1.82, 2.24) is 14.9 Å². The molecule has 1 aromatic heterocycles. The molecule has 1 aliphatic heterocycles. The molecule has 15 nitrogen and oxygen atoms in total. The van der Waals surface area contributed by atoms with Gasteiger partial charge in [-0.15, -0.1) is 0 Å². The second-order valence-electron chi connectivity index (χ2n) is 11.5. The van der Waals surface area contributed by atoms with Crippen LogP contribution in [0.4, 0.5) is 5.69 Å². The number of nitrogens with zero attached hydrogens (tertiary/aromatic N) is 4. The number of amides is 1. The molecule has 0 radical (unpaired) electrons. The summed E-state index contributed by atoms with van der Waals surface area (Å²) in [5, 5.41) is 1.31. The van der Waals surface area contributed by atoms with Gasteiger partial charge in [-0.2, -0.15) is 0 Å². The molecule has 4 atom stereocenters. The molecule has 1 saturated heterocycles. The highest BCUT2D eigenvalue weighted by Crippen LogP contribution is 2.32. The number of ether oxygens (including phenoxy) is 5. The first-order valence-electron chi connectivity index (χ1n) is 15.7. The number of esters is 5. The summed E-state index contributed by atoms with van der Waals surface area (Å²) in [5.41, 5.74) is 2.80. The van der Waals surface area contributed by atoms with Gasteiger partial charge in [0.15, 0.2) is 18.3 Å². The van der Waals surface area contributed by atoms with Crippen LogP contribution in [0.2, 0.25) is 10.3 Å². The molecule has 17 heteroatoms. The summed E-state index contributed by atoms with van der Waals surface area (Å²) >= 11 is 12.5. The van der Waals surface area contributed by atoms with Gasteiger partial charge in [-0.25, -0.2) is 9.97 Å². The van der Waals surface area contributed by atoms with Crippen molar-refractivity contribution in [3.8, 4) is 11.3 Å². The van der Waals surface area contributed by atoms with Crippen LogP contribution in [0.15, 0.2) is 42.5 Å². The van der Waals surface area contributed by atoms with Gasteiger partial charge < -0.3 is 33.5 Å². The molecule has 3 aromatic rings. The standard InChI is InChI=1S/C34H36Cl2N4O11/c1-18(41)47-17-28(48-19(2)42)30(49-20(3)43)31(50-21(4)44)32(51-22(5)45)33(46)40-13-11-39(12-14-40)25-8-6-7-23(15-25)29-26-16-24(35)9-10-27(26)37-34(36)38-29/h6-10,15-16,28,30-32H,11-14,17H2,1-5H3/t28-,30-,31+,32-/m1/s1. The Kier molecular flexibility index (Phi) is 13.1. The van der Waals surface area contributed by atoms with Crippen LogP contribution in [0.1, 0.15) is 34.6 Å². The molecular weight excluding hydrogens is 711 g/mol. The van der Waals surface area contributed by atoms with Crippen LogP contribution in [0, 0.1) is 0 Å². The van der Waals surface area contributed by atoms with Gasteiger partial charge in [0, 0.05) is 82.5 Å². The van der Waals surface area contributed by atoms with Crippen molar-refractivity contribution in [3.05, 3.63) is 52.8 Å². The first-order valence-corrected chi connectivity index (χ1v) is 16.5. The van der Waals surface area contributed by atoms with E-state index >= 15 is 0 Å². The molecule has 4 rings (SSSR count). The van der Waals surface area contributed by atoms with Crippen LogP contribution >= 0.6 is 23.2 Å². The monoisotopic (exact) mass is 746 g/mol. The van der Waals surface area contributed by atoms with E-state index in [1.165, 1.54) is 4.90 Å². The summed E-state index contributed by atoms with van der Waals surface area (Å²) < 4.78 is 26.5. The lowest BCUT2D eigenvalue weighted by Gasteiger charge is -2.40. The number of hydrogen-bond donors (Lipinski definition) is 0. The number of aromatic nitrogens is 2. The maximum Gasteiger partial charge on any atom is 0.303 e. The van der Waals surface area contributed by atoms with Crippen molar-refractivity contribution in [2.24, 2.45) is 0 Å². The van der Waals surface area contributed by atoms with Gasteiger partial charge in [0.05, 0.1) is 11.2 Å². The second-order valence-corrected chi connectivity index (χ2v) is 12.3. The highest BCUT2D eigenvalue weighted by Gasteiger charge is 2.48. The van der Waals surface area contributed by atoms with Gasteiger partial charge in [0.25, 0.3) is 5.91 Å². The molecule has 0 spiro atoms. The number of halogens is 2. The van der Waals surface area contributed by atoms with Crippen molar-refractivity contribution in [2.45, 2.75) is 59.0 Å². The summed E-state index contributed by atoms with van der Waals surface area (Å²) in [6.45, 7) is 5.59. The Morgan fingerprint density at radius 2 is 1.35 bits per heavy atom. The molecule has 1 aliphatic rings. The number of rotatable bonds is 12. The van der Waals surface area contributed by atoms with E-state index in [1.54, 1.807) is 18.2 Å². The van der Waals surface area contributed by atoms with Crippen molar-refractivity contribution in [1.29, 1.82) is 0 Å². The van der Waals surface area contributed by atoms with E-state index in [0.717, 1.165) is 45.9 Å². The third-order valence-corrected chi connectivity index (χ3v) is 8.01. The number of piperazine rings is 1. The van der Waals surface area contributed by atoms with Crippen LogP contribution in [0.5, 0.6) is 0 Å². The molecule has 0 N–H and O–H groups in total. The SMILES string of the molecule is CC(=O)OC[C@@H](OC(C)=O)[C@@H](OC(C)=O)[C@H](OC(C)=O)[C@@H](OC(C)=O)C(=O)N1CCN(c2cccc(-c3nc(Cl)nc4ccc(Cl)cc34)c2)CC1. The first kappa shape index (κ1) is 38.8. The zero-order valence-electron chi connectivity index (χ0n) is 28.4. The lowest BCUT2D eigenvalue weighted by Crippen LogP contribution is -2.59. The number of hydrogen-bond acceptors (Lipinski definition) is 14. The molecule has 1 fully saturated rings. The van der Waals surface area contributed by atoms with Crippen molar-refractivity contribution < 1.29 is 52.5 Å². The maximum atomic E-state index is 14.1. The predicted octanol–water partition coefficient (Wildman–Crippen LogP) is 3.54. The highest BCUT2D eigenvalue weighted by molar-refractivity contribution is 6.31. The molecule has 0 unspecified atom stereocenters. The molecular formula is C34H36Cl2N4O11. The average molecular weight is 748 g/mol. The Bertz CT molecular complexity index is 1820. The zero-order valence-corrected chi connectivity index (χ0v) is 29.9. The van der Waals surface area contributed by atoms with Gasteiger partial charge in [-0.05, 0) is 41.9 Å². The fraction of sp³-hybridized carbons (Fsp3) is 0.412. The minimum Gasteiger partial charge on any atom is -0.462 e. The number of fused-ring (bicyclic) bond motifs is 1. The number of carbonyl (C=O) groups excluding carboxylic acids is 6. The van der Waals surface area contributed by atoms with Gasteiger partial charge >= 0.3 is 29.8 Å². The minimum atomic E-state index is -1.84. The van der Waals surface area contributed by atoms with Crippen LogP contribution in [-0.2, 0) is 52.5 Å². The molecule has 2 heterocycles. The highest BCUT2D eigenvalue weighted by atomic mass is 35.5. The Morgan fingerprint density at radius 1 is 0.725 bits per heavy atom. The van der Waals surface area contributed by atoms with Crippen LogP contribution in [-0.4, -0.2) is 108 Å². The summed E-state index contributed by atoms with van der Waals surface area (Å²) in [6, 6.07) is 12.8. The van der Waals surface area contributed by atoms with E-state index < -0.39 is 66.8 Å². The van der Waals surface area contributed by atoms with Crippen molar-refractivity contribution in [2.75, 3.05) is 37.7 Å². The average Bonchev–Trinajstić information content (AvgIpc) is 3.06. The summed E-state index contributed by atoms with van der Waals surface area (Å²) in [5.74, 6) is -5.14. The molecule has 0 bridgehead atoms. The first-order chi connectivity index (χ1) is 24.1. The molecule has 0 aliphatic carbocycles. The summed E-state index contributed by atoms with van der Waals surface area (Å²) in [7, 11) is 0. The minimum absolute atomic E-state index is 0.0771. The molecule has 0 saturated carbocycles. The lowest BCUT2D eigenvalue weighted by atomic mass is 10.0. The largest absolute Gasteiger partial charge is 0.462 e. The predicted molar refractivity (Wildman–Crippen MR) is 183 cm³/mol. The van der Waals surface area contributed by atoms with Gasteiger partial charge in [0.2, 0.25) is 11.4 Å². The van der Waals surface area contributed by atoms with Gasteiger partial charge in [-0.1, -0.05) is 23.7 Å². The smallest absolute Gasteiger partial charge is 0.303 e. The summed E-state index contributed by atoms with van der Waals surface area (Å²) in [6.07, 6.45) is -6.93. The van der Waals surface area contributed by atoms with E-state index in [9.17, 15) is 28.8 Å². The second kappa shape index (κ2) is 17.3.